The van der Waals surface area contributed by atoms with Crippen LogP contribution in [0.25, 0.3) is 6.08 Å². The van der Waals surface area contributed by atoms with Crippen LogP contribution >= 0.6 is 0 Å². The number of carbonyl (C=O) groups is 3. The first kappa shape index (κ1) is 16.6. The Morgan fingerprint density at radius 1 is 1.32 bits per heavy atom. The zero-order valence-corrected chi connectivity index (χ0v) is 13.8. The van der Waals surface area contributed by atoms with Crippen molar-refractivity contribution in [3.05, 3.63) is 53.4 Å². The summed E-state index contributed by atoms with van der Waals surface area (Å²) in [4.78, 5) is 37.0. The molecular formula is C17H17N3O5. The monoisotopic (exact) mass is 343 g/mol. The van der Waals surface area contributed by atoms with E-state index in [2.05, 4.69) is 10.1 Å². The van der Waals surface area contributed by atoms with Crippen molar-refractivity contribution < 1.29 is 23.5 Å². The van der Waals surface area contributed by atoms with Gasteiger partial charge in [-0.15, -0.1) is 0 Å². The standard InChI is InChI=1S/C17H17N3O5/c1-3-19-8-4-5-11(19)9-13-15(21)20(17(23)18-13)10-12-6-7-14(25-12)16(22)24-2/h4-9H,3,10H2,1-2H3,(H,18,23)/b13-9-. The van der Waals surface area contributed by atoms with Crippen molar-refractivity contribution in [3.63, 3.8) is 0 Å². The molecule has 130 valence electrons. The lowest BCUT2D eigenvalue weighted by atomic mass is 10.3. The van der Waals surface area contributed by atoms with Gasteiger partial charge in [-0.05, 0) is 37.3 Å². The molecule has 1 aliphatic rings. The van der Waals surface area contributed by atoms with Gasteiger partial charge in [0.1, 0.15) is 11.5 Å². The SMILES string of the molecule is CCn1cccc1/C=C1\NC(=O)N(Cc2ccc(C(=O)OC)o2)C1=O. The fraction of sp³-hybridized carbons (Fsp3) is 0.235. The minimum Gasteiger partial charge on any atom is -0.463 e. The van der Waals surface area contributed by atoms with Gasteiger partial charge in [0.15, 0.2) is 0 Å². The molecule has 0 spiro atoms. The number of urea groups is 1. The van der Waals surface area contributed by atoms with E-state index in [0.717, 1.165) is 17.1 Å². The highest BCUT2D eigenvalue weighted by Gasteiger charge is 2.34. The Kier molecular flexibility index (Phi) is 4.42. The Labute approximate surface area is 143 Å². The highest BCUT2D eigenvalue weighted by atomic mass is 16.5. The Bertz CT molecular complexity index is 861. The van der Waals surface area contributed by atoms with Gasteiger partial charge in [-0.3, -0.25) is 9.69 Å². The first-order valence-corrected chi connectivity index (χ1v) is 7.70. The maximum Gasteiger partial charge on any atom is 0.373 e. The van der Waals surface area contributed by atoms with Crippen molar-refractivity contribution in [3.8, 4) is 0 Å². The van der Waals surface area contributed by atoms with Crippen LogP contribution in [0.4, 0.5) is 4.79 Å². The van der Waals surface area contributed by atoms with Gasteiger partial charge in [0.25, 0.3) is 5.91 Å². The van der Waals surface area contributed by atoms with Gasteiger partial charge >= 0.3 is 12.0 Å². The molecule has 1 fully saturated rings. The van der Waals surface area contributed by atoms with E-state index in [4.69, 9.17) is 4.42 Å². The van der Waals surface area contributed by atoms with Crippen molar-refractivity contribution in [1.82, 2.24) is 14.8 Å². The number of hydrogen-bond acceptors (Lipinski definition) is 5. The summed E-state index contributed by atoms with van der Waals surface area (Å²) in [7, 11) is 1.24. The summed E-state index contributed by atoms with van der Waals surface area (Å²) in [6, 6.07) is 6.14. The molecule has 25 heavy (non-hydrogen) atoms. The van der Waals surface area contributed by atoms with Crippen LogP contribution in [0, 0.1) is 0 Å². The number of carbonyl (C=O) groups excluding carboxylic acids is 3. The second-order valence-electron chi connectivity index (χ2n) is 5.36. The van der Waals surface area contributed by atoms with Gasteiger partial charge < -0.3 is 19.0 Å². The van der Waals surface area contributed by atoms with E-state index in [1.54, 1.807) is 6.08 Å². The summed E-state index contributed by atoms with van der Waals surface area (Å²) in [6.07, 6.45) is 3.52. The van der Waals surface area contributed by atoms with Crippen molar-refractivity contribution >= 4 is 24.0 Å². The third kappa shape index (κ3) is 3.18. The summed E-state index contributed by atoms with van der Waals surface area (Å²) in [5, 5.41) is 2.56. The lowest BCUT2D eigenvalue weighted by Gasteiger charge is -2.09. The molecule has 1 N–H and O–H groups in total. The molecule has 1 saturated heterocycles. The quantitative estimate of drug-likeness (QED) is 0.509. The Hall–Kier alpha value is -3.29. The number of nitrogens with zero attached hydrogens (tertiary/aromatic N) is 2. The molecule has 3 heterocycles. The third-order valence-electron chi connectivity index (χ3n) is 3.82. The van der Waals surface area contributed by atoms with Crippen molar-refractivity contribution in [2.75, 3.05) is 7.11 Å². The van der Waals surface area contributed by atoms with E-state index < -0.39 is 17.9 Å². The van der Waals surface area contributed by atoms with Crippen molar-refractivity contribution in [1.29, 1.82) is 0 Å². The second-order valence-corrected chi connectivity index (χ2v) is 5.36. The van der Waals surface area contributed by atoms with Gasteiger partial charge in [0, 0.05) is 18.4 Å². The number of ether oxygens (including phenoxy) is 1. The highest BCUT2D eigenvalue weighted by molar-refractivity contribution is 6.13. The van der Waals surface area contributed by atoms with Gasteiger partial charge in [0.2, 0.25) is 5.76 Å². The van der Waals surface area contributed by atoms with Gasteiger partial charge in [-0.1, -0.05) is 0 Å². The summed E-state index contributed by atoms with van der Waals surface area (Å²) in [5.74, 6) is -0.752. The van der Waals surface area contributed by atoms with Crippen molar-refractivity contribution in [2.45, 2.75) is 20.0 Å². The topological polar surface area (TPSA) is 93.8 Å². The molecule has 8 heteroatoms. The predicted molar refractivity (Wildman–Crippen MR) is 87.2 cm³/mol. The number of imide groups is 1. The summed E-state index contributed by atoms with van der Waals surface area (Å²) in [5.41, 5.74) is 1.01. The molecule has 2 aromatic heterocycles. The smallest absolute Gasteiger partial charge is 0.373 e. The molecule has 2 aromatic rings. The summed E-state index contributed by atoms with van der Waals surface area (Å²) in [6.45, 7) is 2.66. The predicted octanol–water partition coefficient (Wildman–Crippen LogP) is 1.98. The summed E-state index contributed by atoms with van der Waals surface area (Å²) < 4.78 is 11.8. The first-order chi connectivity index (χ1) is 12.0. The van der Waals surface area contributed by atoms with E-state index >= 15 is 0 Å². The fourth-order valence-corrected chi connectivity index (χ4v) is 2.54. The van der Waals surface area contributed by atoms with Crippen LogP contribution in [0.2, 0.25) is 0 Å². The number of amides is 3. The molecule has 0 aliphatic carbocycles. The van der Waals surface area contributed by atoms with Gasteiger partial charge in [-0.2, -0.15) is 0 Å². The molecular weight excluding hydrogens is 326 g/mol. The molecule has 0 unspecified atom stereocenters. The zero-order valence-electron chi connectivity index (χ0n) is 13.8. The highest BCUT2D eigenvalue weighted by Crippen LogP contribution is 2.19. The van der Waals surface area contributed by atoms with E-state index in [1.165, 1.54) is 19.2 Å². The number of aromatic nitrogens is 1. The van der Waals surface area contributed by atoms with E-state index in [9.17, 15) is 14.4 Å². The van der Waals surface area contributed by atoms with Crippen LogP contribution in [-0.2, 0) is 22.6 Å². The molecule has 1 aliphatic heterocycles. The number of esters is 1. The maximum atomic E-state index is 12.5. The van der Waals surface area contributed by atoms with Crippen LogP contribution < -0.4 is 5.32 Å². The molecule has 8 nitrogen and oxygen atoms in total. The molecule has 0 aromatic carbocycles. The lowest BCUT2D eigenvalue weighted by molar-refractivity contribution is -0.123. The number of methoxy groups -OCH3 is 1. The average Bonchev–Trinajstić information content (AvgIpc) is 3.31. The largest absolute Gasteiger partial charge is 0.463 e. The van der Waals surface area contributed by atoms with Crippen LogP contribution in [0.1, 0.15) is 28.9 Å². The maximum absolute atomic E-state index is 12.5. The van der Waals surface area contributed by atoms with Gasteiger partial charge in [0.05, 0.1) is 13.7 Å². The van der Waals surface area contributed by atoms with Crippen LogP contribution in [-0.4, -0.2) is 34.5 Å². The van der Waals surface area contributed by atoms with Crippen LogP contribution in [0.15, 0.2) is 40.6 Å². The van der Waals surface area contributed by atoms with Gasteiger partial charge in [-0.25, -0.2) is 9.59 Å². The average molecular weight is 343 g/mol. The van der Waals surface area contributed by atoms with Crippen LogP contribution in [0.3, 0.4) is 0 Å². The van der Waals surface area contributed by atoms with Crippen molar-refractivity contribution in [2.24, 2.45) is 0 Å². The lowest BCUT2D eigenvalue weighted by Crippen LogP contribution is -2.30. The fourth-order valence-electron chi connectivity index (χ4n) is 2.54. The van der Waals surface area contributed by atoms with E-state index in [1.807, 2.05) is 29.8 Å². The number of aryl methyl sites for hydroxylation is 1. The number of nitrogens with one attached hydrogen (secondary N) is 1. The Balaban J connectivity index is 1.77. The number of hydrogen-bond donors (Lipinski definition) is 1. The third-order valence-corrected chi connectivity index (χ3v) is 3.82. The molecule has 0 bridgehead atoms. The minimum absolute atomic E-state index is 0.0149. The zero-order chi connectivity index (χ0) is 18.0. The van der Waals surface area contributed by atoms with E-state index in [-0.39, 0.29) is 18.0 Å². The van der Waals surface area contributed by atoms with E-state index in [0.29, 0.717) is 5.76 Å². The first-order valence-electron chi connectivity index (χ1n) is 7.70. The summed E-state index contributed by atoms with van der Waals surface area (Å²) >= 11 is 0. The van der Waals surface area contributed by atoms with Crippen LogP contribution in [0.5, 0.6) is 0 Å². The number of furan rings is 1. The number of rotatable bonds is 5. The molecule has 3 amide bonds. The minimum atomic E-state index is -0.621. The molecule has 0 radical (unpaired) electrons. The Morgan fingerprint density at radius 3 is 2.84 bits per heavy atom. The Morgan fingerprint density at radius 2 is 2.12 bits per heavy atom. The molecule has 3 rings (SSSR count). The second kappa shape index (κ2) is 6.68. The normalized spacial score (nSPS) is 15.8. The molecule has 0 saturated carbocycles. The molecule has 0 atom stereocenters.